The molecule has 1 aromatic heterocycles. The summed E-state index contributed by atoms with van der Waals surface area (Å²) in [5, 5.41) is 10.7. The van der Waals surface area contributed by atoms with Crippen LogP contribution >= 0.6 is 11.3 Å². The van der Waals surface area contributed by atoms with E-state index in [1.165, 1.54) is 35.4 Å². The van der Waals surface area contributed by atoms with Crippen LogP contribution in [0.15, 0.2) is 30.3 Å². The zero-order valence-corrected chi connectivity index (χ0v) is 12.7. The van der Waals surface area contributed by atoms with Crippen LogP contribution in [0, 0.1) is 5.82 Å². The van der Waals surface area contributed by atoms with Crippen LogP contribution in [-0.2, 0) is 12.8 Å². The van der Waals surface area contributed by atoms with Gasteiger partial charge < -0.3 is 10.8 Å². The molecule has 112 valence electrons. The molecule has 1 aromatic carbocycles. The lowest BCUT2D eigenvalue weighted by Crippen LogP contribution is -2.19. The number of thiophene rings is 1. The van der Waals surface area contributed by atoms with Crippen LogP contribution in [0.5, 0.6) is 0 Å². The second-order valence-electron chi connectivity index (χ2n) is 5.65. The van der Waals surface area contributed by atoms with Gasteiger partial charge >= 0.3 is 0 Å². The second-order valence-corrected chi connectivity index (χ2v) is 6.81. The number of rotatable bonds is 4. The van der Waals surface area contributed by atoms with E-state index >= 15 is 0 Å². The Hall–Kier alpha value is -1.23. The number of aryl methyl sites for hydroxylation is 2. The van der Waals surface area contributed by atoms with Crippen molar-refractivity contribution < 1.29 is 9.50 Å². The summed E-state index contributed by atoms with van der Waals surface area (Å²) in [7, 11) is 0. The van der Waals surface area contributed by atoms with Crippen molar-refractivity contribution >= 4 is 11.3 Å². The van der Waals surface area contributed by atoms with Gasteiger partial charge in [0.2, 0.25) is 0 Å². The molecule has 3 N–H and O–H groups in total. The maximum atomic E-state index is 13.4. The fraction of sp³-hybridized carbons (Fsp3) is 0.412. The van der Waals surface area contributed by atoms with Gasteiger partial charge in [-0.25, -0.2) is 4.39 Å². The Balaban J connectivity index is 1.88. The Morgan fingerprint density at radius 1 is 1.24 bits per heavy atom. The van der Waals surface area contributed by atoms with E-state index in [1.807, 2.05) is 6.07 Å². The van der Waals surface area contributed by atoms with Gasteiger partial charge in [-0.05, 0) is 55.0 Å². The molecule has 1 heterocycles. The molecule has 0 amide bonds. The van der Waals surface area contributed by atoms with Crippen LogP contribution in [0.3, 0.4) is 0 Å². The molecule has 0 aliphatic heterocycles. The largest absolute Gasteiger partial charge is 0.387 e. The molecular formula is C17H20FNOS. The first-order valence-corrected chi connectivity index (χ1v) is 8.25. The number of hydrogen-bond donors (Lipinski definition) is 2. The fourth-order valence-electron chi connectivity index (χ4n) is 3.04. The van der Waals surface area contributed by atoms with Crippen molar-refractivity contribution in [3.05, 3.63) is 57.0 Å². The smallest absolute Gasteiger partial charge is 0.123 e. The minimum absolute atomic E-state index is 0.263. The quantitative estimate of drug-likeness (QED) is 0.907. The minimum atomic E-state index is -0.660. The van der Waals surface area contributed by atoms with Crippen LogP contribution in [-0.4, -0.2) is 11.7 Å². The number of aliphatic hydroxyl groups excluding tert-OH is 1. The molecule has 2 atom stereocenters. The van der Waals surface area contributed by atoms with E-state index < -0.39 is 6.10 Å². The molecule has 2 nitrogen and oxygen atoms in total. The standard InChI is InChI=1S/C17H20FNOS/c18-13-6-3-5-11(8-13)14(10-19)17(20)16-9-12-4-1-2-7-15(12)21-16/h3,5-6,8-9,14,17,20H,1-2,4,7,10,19H2. The zero-order valence-electron chi connectivity index (χ0n) is 11.9. The van der Waals surface area contributed by atoms with Gasteiger partial charge in [-0.3, -0.25) is 0 Å². The molecule has 0 radical (unpaired) electrons. The molecule has 0 spiro atoms. The van der Waals surface area contributed by atoms with Crippen LogP contribution in [0.1, 0.15) is 45.7 Å². The summed E-state index contributed by atoms with van der Waals surface area (Å²) in [4.78, 5) is 2.35. The van der Waals surface area contributed by atoms with Gasteiger partial charge in [-0.15, -0.1) is 11.3 Å². The van der Waals surface area contributed by atoms with E-state index in [-0.39, 0.29) is 11.7 Å². The van der Waals surface area contributed by atoms with E-state index in [4.69, 9.17) is 5.73 Å². The molecule has 1 aliphatic carbocycles. The van der Waals surface area contributed by atoms with Crippen LogP contribution in [0.25, 0.3) is 0 Å². The molecule has 4 heteroatoms. The first kappa shape index (κ1) is 14.7. The Bertz CT molecular complexity index is 602. The lowest BCUT2D eigenvalue weighted by Gasteiger charge is -2.21. The Kier molecular flexibility index (Phi) is 4.38. The topological polar surface area (TPSA) is 46.2 Å². The second kappa shape index (κ2) is 6.26. The molecule has 0 bridgehead atoms. The highest BCUT2D eigenvalue weighted by molar-refractivity contribution is 7.12. The van der Waals surface area contributed by atoms with E-state index in [1.54, 1.807) is 17.4 Å². The van der Waals surface area contributed by atoms with Gasteiger partial charge in [0.25, 0.3) is 0 Å². The maximum Gasteiger partial charge on any atom is 0.123 e. The summed E-state index contributed by atoms with van der Waals surface area (Å²) < 4.78 is 13.4. The highest BCUT2D eigenvalue weighted by Crippen LogP contribution is 2.38. The lowest BCUT2D eigenvalue weighted by atomic mass is 9.91. The zero-order chi connectivity index (χ0) is 14.8. The number of benzene rings is 1. The molecule has 0 fully saturated rings. The van der Waals surface area contributed by atoms with Gasteiger partial charge in [-0.1, -0.05) is 12.1 Å². The monoisotopic (exact) mass is 305 g/mol. The lowest BCUT2D eigenvalue weighted by molar-refractivity contribution is 0.151. The Morgan fingerprint density at radius 3 is 2.76 bits per heavy atom. The molecule has 0 saturated carbocycles. The minimum Gasteiger partial charge on any atom is -0.387 e. The first-order chi connectivity index (χ1) is 10.2. The fourth-order valence-corrected chi connectivity index (χ4v) is 4.35. The Labute approximate surface area is 128 Å². The molecular weight excluding hydrogens is 285 g/mol. The number of halogens is 1. The van der Waals surface area contributed by atoms with Crippen molar-refractivity contribution in [2.75, 3.05) is 6.54 Å². The van der Waals surface area contributed by atoms with Gasteiger partial charge in [0.1, 0.15) is 5.82 Å². The van der Waals surface area contributed by atoms with Gasteiger partial charge in [0, 0.05) is 22.2 Å². The molecule has 2 unspecified atom stereocenters. The highest BCUT2D eigenvalue weighted by atomic mass is 32.1. The third kappa shape index (κ3) is 3.03. The third-order valence-electron chi connectivity index (χ3n) is 4.22. The third-order valence-corrected chi connectivity index (χ3v) is 5.53. The van der Waals surface area contributed by atoms with E-state index in [9.17, 15) is 9.50 Å². The molecule has 21 heavy (non-hydrogen) atoms. The van der Waals surface area contributed by atoms with E-state index in [2.05, 4.69) is 6.07 Å². The predicted molar refractivity (Wildman–Crippen MR) is 84.1 cm³/mol. The van der Waals surface area contributed by atoms with Gasteiger partial charge in [0.05, 0.1) is 6.10 Å². The number of aliphatic hydroxyl groups is 1. The summed E-state index contributed by atoms with van der Waals surface area (Å²) in [6, 6.07) is 8.49. The average molecular weight is 305 g/mol. The van der Waals surface area contributed by atoms with Crippen LogP contribution in [0.2, 0.25) is 0 Å². The van der Waals surface area contributed by atoms with Crippen LogP contribution < -0.4 is 5.73 Å². The molecule has 0 saturated heterocycles. The van der Waals surface area contributed by atoms with Crippen molar-refractivity contribution in [2.24, 2.45) is 5.73 Å². The summed E-state index contributed by atoms with van der Waals surface area (Å²) in [5.41, 5.74) is 7.97. The number of nitrogens with two attached hydrogens (primary N) is 1. The number of hydrogen-bond acceptors (Lipinski definition) is 3. The van der Waals surface area contributed by atoms with Crippen molar-refractivity contribution in [3.63, 3.8) is 0 Å². The predicted octanol–water partition coefficient (Wildman–Crippen LogP) is 3.54. The summed E-state index contributed by atoms with van der Waals surface area (Å²) in [6.45, 7) is 0.299. The molecule has 3 rings (SSSR count). The van der Waals surface area contributed by atoms with Crippen molar-refractivity contribution in [2.45, 2.75) is 37.7 Å². The van der Waals surface area contributed by atoms with E-state index in [0.717, 1.165) is 23.3 Å². The van der Waals surface area contributed by atoms with Crippen molar-refractivity contribution in [1.29, 1.82) is 0 Å². The molecule has 1 aliphatic rings. The van der Waals surface area contributed by atoms with Gasteiger partial charge in [0.15, 0.2) is 0 Å². The number of fused-ring (bicyclic) bond motifs is 1. The Morgan fingerprint density at radius 2 is 2.05 bits per heavy atom. The van der Waals surface area contributed by atoms with Crippen LogP contribution in [0.4, 0.5) is 4.39 Å². The summed E-state index contributed by atoms with van der Waals surface area (Å²) in [5.74, 6) is -0.551. The molecule has 2 aromatic rings. The highest BCUT2D eigenvalue weighted by Gasteiger charge is 2.25. The summed E-state index contributed by atoms with van der Waals surface area (Å²) in [6.07, 6.45) is 4.01. The van der Waals surface area contributed by atoms with Gasteiger partial charge in [-0.2, -0.15) is 0 Å². The van der Waals surface area contributed by atoms with E-state index in [0.29, 0.717) is 6.54 Å². The normalized spacial score (nSPS) is 17.3. The maximum absolute atomic E-state index is 13.4. The van der Waals surface area contributed by atoms with Crippen molar-refractivity contribution in [1.82, 2.24) is 0 Å². The van der Waals surface area contributed by atoms with Crippen molar-refractivity contribution in [3.8, 4) is 0 Å². The SMILES string of the molecule is NCC(c1cccc(F)c1)C(O)c1cc2c(s1)CCCC2. The first-order valence-electron chi connectivity index (χ1n) is 7.44. The average Bonchev–Trinajstić information content (AvgIpc) is 2.92. The summed E-state index contributed by atoms with van der Waals surface area (Å²) >= 11 is 1.69.